The zero-order valence-corrected chi connectivity index (χ0v) is 15.4. The van der Waals surface area contributed by atoms with Gasteiger partial charge in [-0.1, -0.05) is 6.58 Å². The molecule has 1 saturated carbocycles. The molecule has 2 aromatic heterocycles. The highest BCUT2D eigenvalue weighted by Gasteiger charge is 2.56. The van der Waals surface area contributed by atoms with Crippen molar-refractivity contribution in [2.24, 2.45) is 5.92 Å². The van der Waals surface area contributed by atoms with Gasteiger partial charge in [0.05, 0.1) is 17.7 Å². The van der Waals surface area contributed by atoms with Gasteiger partial charge >= 0.3 is 6.18 Å². The minimum absolute atomic E-state index is 0.109. The molecule has 4 rings (SSSR count). The summed E-state index contributed by atoms with van der Waals surface area (Å²) in [7, 11) is 0. The highest BCUT2D eigenvalue weighted by Crippen LogP contribution is 2.44. The SMILES string of the molecule is C=CC(=O)N1CCN(c2cnc3[nH]cc(C(=O)N[C@@H]4C[C@H]4C(F)(F)F)c3n2)CC1. The molecule has 2 aromatic rings. The number of nitrogens with zero attached hydrogens (tertiary/aromatic N) is 4. The summed E-state index contributed by atoms with van der Waals surface area (Å²) >= 11 is 0. The number of piperazine rings is 1. The van der Waals surface area contributed by atoms with E-state index < -0.39 is 24.0 Å². The molecule has 1 aliphatic carbocycles. The zero-order chi connectivity index (χ0) is 20.8. The number of carbonyl (C=O) groups is 2. The van der Waals surface area contributed by atoms with Crippen LogP contribution in [0.3, 0.4) is 0 Å². The van der Waals surface area contributed by atoms with E-state index in [0.717, 1.165) is 0 Å². The predicted molar refractivity (Wildman–Crippen MR) is 98.3 cm³/mol. The third kappa shape index (κ3) is 3.76. The van der Waals surface area contributed by atoms with Crippen LogP contribution in [-0.2, 0) is 4.79 Å². The van der Waals surface area contributed by atoms with Crippen molar-refractivity contribution < 1.29 is 22.8 Å². The minimum Gasteiger partial charge on any atom is -0.352 e. The Morgan fingerprint density at radius 1 is 1.28 bits per heavy atom. The maximum Gasteiger partial charge on any atom is 0.393 e. The second-order valence-electron chi connectivity index (χ2n) is 7.11. The minimum atomic E-state index is -4.31. The average molecular weight is 408 g/mol. The molecular weight excluding hydrogens is 389 g/mol. The summed E-state index contributed by atoms with van der Waals surface area (Å²) in [4.78, 5) is 39.3. The number of hydrogen-bond acceptors (Lipinski definition) is 5. The Morgan fingerprint density at radius 3 is 2.62 bits per heavy atom. The van der Waals surface area contributed by atoms with Crippen LogP contribution in [0.25, 0.3) is 11.2 Å². The quantitative estimate of drug-likeness (QED) is 0.748. The summed E-state index contributed by atoms with van der Waals surface area (Å²) in [6.07, 6.45) is -0.181. The number of aromatic amines is 1. The van der Waals surface area contributed by atoms with Crippen LogP contribution in [-0.4, -0.2) is 70.1 Å². The molecule has 2 amide bonds. The Hall–Kier alpha value is -3.11. The van der Waals surface area contributed by atoms with Gasteiger partial charge in [-0.15, -0.1) is 0 Å². The maximum absolute atomic E-state index is 12.7. The molecule has 0 unspecified atom stereocenters. The van der Waals surface area contributed by atoms with Crippen molar-refractivity contribution in [1.29, 1.82) is 0 Å². The third-order valence-corrected chi connectivity index (χ3v) is 5.23. The first-order chi connectivity index (χ1) is 13.8. The van der Waals surface area contributed by atoms with Crippen LogP contribution in [0.5, 0.6) is 0 Å². The fourth-order valence-electron chi connectivity index (χ4n) is 3.45. The van der Waals surface area contributed by atoms with Crippen LogP contribution in [0.2, 0.25) is 0 Å². The molecule has 3 heterocycles. The van der Waals surface area contributed by atoms with E-state index in [1.807, 2.05) is 4.90 Å². The van der Waals surface area contributed by atoms with E-state index in [-0.39, 0.29) is 17.9 Å². The summed E-state index contributed by atoms with van der Waals surface area (Å²) in [5, 5.41) is 2.41. The Bertz CT molecular complexity index is 964. The summed E-state index contributed by atoms with van der Waals surface area (Å²) in [5.74, 6) is -1.70. The fourth-order valence-corrected chi connectivity index (χ4v) is 3.45. The van der Waals surface area contributed by atoms with Gasteiger partial charge in [-0.2, -0.15) is 13.2 Å². The number of aromatic nitrogens is 3. The number of hydrogen-bond donors (Lipinski definition) is 2. The van der Waals surface area contributed by atoms with Gasteiger partial charge in [-0.3, -0.25) is 9.59 Å². The van der Waals surface area contributed by atoms with Crippen molar-refractivity contribution >= 4 is 28.8 Å². The molecule has 0 bridgehead atoms. The van der Waals surface area contributed by atoms with Gasteiger partial charge in [-0.25, -0.2) is 9.97 Å². The van der Waals surface area contributed by atoms with Crippen LogP contribution in [0.4, 0.5) is 19.0 Å². The lowest BCUT2D eigenvalue weighted by Gasteiger charge is -2.34. The topological polar surface area (TPSA) is 94.2 Å². The number of amides is 2. The lowest BCUT2D eigenvalue weighted by molar-refractivity contribution is -0.148. The third-order valence-electron chi connectivity index (χ3n) is 5.23. The second kappa shape index (κ2) is 7.05. The number of alkyl halides is 3. The predicted octanol–water partition coefficient (Wildman–Crippen LogP) is 1.47. The molecule has 2 fully saturated rings. The van der Waals surface area contributed by atoms with Crippen molar-refractivity contribution in [2.75, 3.05) is 31.1 Å². The molecule has 2 atom stereocenters. The molecule has 0 aromatic carbocycles. The average Bonchev–Trinajstić information content (AvgIpc) is 3.36. The molecule has 1 saturated heterocycles. The highest BCUT2D eigenvalue weighted by molar-refractivity contribution is 6.04. The van der Waals surface area contributed by atoms with E-state index >= 15 is 0 Å². The Kier molecular flexibility index (Phi) is 4.67. The summed E-state index contributed by atoms with van der Waals surface area (Å²) in [6.45, 7) is 5.58. The number of fused-ring (bicyclic) bond motifs is 1. The molecule has 11 heteroatoms. The van der Waals surface area contributed by atoms with E-state index in [9.17, 15) is 22.8 Å². The van der Waals surface area contributed by atoms with Gasteiger partial charge in [0.15, 0.2) is 5.65 Å². The maximum atomic E-state index is 12.7. The largest absolute Gasteiger partial charge is 0.393 e. The van der Waals surface area contributed by atoms with Crippen LogP contribution >= 0.6 is 0 Å². The molecule has 154 valence electrons. The number of nitrogens with one attached hydrogen (secondary N) is 2. The van der Waals surface area contributed by atoms with Crippen molar-refractivity contribution in [3.63, 3.8) is 0 Å². The van der Waals surface area contributed by atoms with Gasteiger partial charge in [0.2, 0.25) is 5.91 Å². The van der Waals surface area contributed by atoms with E-state index in [1.54, 1.807) is 11.1 Å². The van der Waals surface area contributed by atoms with Gasteiger partial charge in [0, 0.05) is 38.4 Å². The molecule has 2 N–H and O–H groups in total. The number of halogens is 3. The van der Waals surface area contributed by atoms with Crippen molar-refractivity contribution in [1.82, 2.24) is 25.2 Å². The van der Waals surface area contributed by atoms with E-state index in [4.69, 9.17) is 0 Å². The van der Waals surface area contributed by atoms with Crippen LogP contribution in [0.15, 0.2) is 25.0 Å². The van der Waals surface area contributed by atoms with E-state index in [2.05, 4.69) is 26.8 Å². The Morgan fingerprint density at radius 2 is 2.00 bits per heavy atom. The monoisotopic (exact) mass is 408 g/mol. The Balaban J connectivity index is 1.48. The first-order valence-corrected chi connectivity index (χ1v) is 9.16. The lowest BCUT2D eigenvalue weighted by atomic mass is 10.2. The summed E-state index contributed by atoms with van der Waals surface area (Å²) in [5.41, 5.74) is 0.832. The first-order valence-electron chi connectivity index (χ1n) is 9.16. The van der Waals surface area contributed by atoms with Gasteiger partial charge < -0.3 is 20.1 Å². The lowest BCUT2D eigenvalue weighted by Crippen LogP contribution is -2.48. The molecule has 0 spiro atoms. The van der Waals surface area contributed by atoms with Gasteiger partial charge in [-0.05, 0) is 12.5 Å². The second-order valence-corrected chi connectivity index (χ2v) is 7.11. The zero-order valence-electron chi connectivity index (χ0n) is 15.4. The van der Waals surface area contributed by atoms with Crippen LogP contribution < -0.4 is 10.2 Å². The molecule has 2 aliphatic rings. The molecular formula is C18H19F3N6O2. The highest BCUT2D eigenvalue weighted by atomic mass is 19.4. The molecule has 1 aliphatic heterocycles. The van der Waals surface area contributed by atoms with E-state index in [0.29, 0.717) is 43.2 Å². The van der Waals surface area contributed by atoms with Crippen molar-refractivity contribution in [3.8, 4) is 0 Å². The summed E-state index contributed by atoms with van der Waals surface area (Å²) in [6, 6.07) is -0.904. The number of rotatable bonds is 4. The number of H-pyrrole nitrogens is 1. The van der Waals surface area contributed by atoms with E-state index in [1.165, 1.54) is 12.3 Å². The van der Waals surface area contributed by atoms with Crippen LogP contribution in [0, 0.1) is 5.92 Å². The Labute approximate surface area is 163 Å². The van der Waals surface area contributed by atoms with Crippen LogP contribution in [0.1, 0.15) is 16.8 Å². The standard InChI is InChI=1S/C18H19F3N6O2/c1-2-14(28)27-5-3-26(4-6-27)13-9-23-16-15(25-13)10(8-22-16)17(29)24-12-7-11(12)18(19,20)21/h2,8-9,11-12H,1,3-7H2,(H,22,23)(H,24,29)/t11-,12-/m1/s1. The molecule has 29 heavy (non-hydrogen) atoms. The molecule has 0 radical (unpaired) electrons. The van der Waals surface area contributed by atoms with Crippen molar-refractivity contribution in [3.05, 3.63) is 30.6 Å². The normalized spacial score (nSPS) is 21.9. The summed E-state index contributed by atoms with van der Waals surface area (Å²) < 4.78 is 38.0. The number of anilines is 1. The first kappa shape index (κ1) is 19.2. The van der Waals surface area contributed by atoms with Crippen molar-refractivity contribution in [2.45, 2.75) is 18.6 Å². The fraction of sp³-hybridized carbons (Fsp3) is 0.444. The van der Waals surface area contributed by atoms with Gasteiger partial charge in [0.25, 0.3) is 5.91 Å². The number of carbonyl (C=O) groups excluding carboxylic acids is 2. The van der Waals surface area contributed by atoms with Gasteiger partial charge in [0.1, 0.15) is 11.3 Å². The molecule has 8 nitrogen and oxygen atoms in total. The smallest absolute Gasteiger partial charge is 0.352 e.